The van der Waals surface area contributed by atoms with Gasteiger partial charge in [0.1, 0.15) is 6.04 Å². The number of amides is 2. The van der Waals surface area contributed by atoms with Crippen LogP contribution in [0.15, 0.2) is 12.7 Å². The van der Waals surface area contributed by atoms with E-state index in [0.29, 0.717) is 18.8 Å². The van der Waals surface area contributed by atoms with Crippen molar-refractivity contribution in [2.45, 2.75) is 26.3 Å². The topological polar surface area (TPSA) is 49.4 Å². The SMILES string of the molecule is C=CCN(CCC)C(=O)C(CS)NC(C)=O. The molecule has 2 amide bonds. The van der Waals surface area contributed by atoms with Gasteiger partial charge < -0.3 is 10.2 Å². The molecule has 0 aromatic heterocycles. The van der Waals surface area contributed by atoms with E-state index in [4.69, 9.17) is 0 Å². The number of hydrogen-bond donors (Lipinski definition) is 2. The maximum absolute atomic E-state index is 12.0. The minimum atomic E-state index is -0.549. The summed E-state index contributed by atoms with van der Waals surface area (Å²) >= 11 is 4.07. The molecule has 0 saturated carbocycles. The van der Waals surface area contributed by atoms with E-state index in [2.05, 4.69) is 24.5 Å². The van der Waals surface area contributed by atoms with E-state index < -0.39 is 6.04 Å². The Balaban J connectivity index is 4.52. The van der Waals surface area contributed by atoms with Gasteiger partial charge in [-0.05, 0) is 6.42 Å². The second-order valence-electron chi connectivity index (χ2n) is 3.51. The van der Waals surface area contributed by atoms with Crippen molar-refractivity contribution in [2.24, 2.45) is 0 Å². The molecule has 92 valence electrons. The van der Waals surface area contributed by atoms with Gasteiger partial charge in [0.05, 0.1) is 0 Å². The molecule has 0 aromatic carbocycles. The number of nitrogens with one attached hydrogen (secondary N) is 1. The first kappa shape index (κ1) is 15.0. The number of carbonyl (C=O) groups excluding carboxylic acids is 2. The quantitative estimate of drug-likeness (QED) is 0.515. The molecule has 0 aromatic rings. The number of carbonyl (C=O) groups is 2. The second-order valence-corrected chi connectivity index (χ2v) is 3.87. The molecular formula is C11H20N2O2S. The van der Waals surface area contributed by atoms with Gasteiger partial charge in [0, 0.05) is 25.8 Å². The summed E-state index contributed by atoms with van der Waals surface area (Å²) in [6.07, 6.45) is 2.55. The Labute approximate surface area is 102 Å². The molecular weight excluding hydrogens is 224 g/mol. The molecule has 0 aliphatic heterocycles. The lowest BCUT2D eigenvalue weighted by Crippen LogP contribution is -2.49. The molecule has 0 heterocycles. The average molecular weight is 244 g/mol. The molecule has 1 atom stereocenters. The summed E-state index contributed by atoms with van der Waals surface area (Å²) in [5.41, 5.74) is 0. The number of nitrogens with zero attached hydrogens (tertiary/aromatic N) is 1. The predicted molar refractivity (Wildman–Crippen MR) is 68.5 cm³/mol. The summed E-state index contributed by atoms with van der Waals surface area (Å²) in [7, 11) is 0. The first-order valence-corrected chi connectivity index (χ1v) is 5.97. The molecule has 0 spiro atoms. The number of rotatable bonds is 7. The first-order valence-electron chi connectivity index (χ1n) is 5.34. The molecule has 0 radical (unpaired) electrons. The van der Waals surface area contributed by atoms with Crippen LogP contribution in [-0.4, -0.2) is 41.6 Å². The largest absolute Gasteiger partial charge is 0.344 e. The van der Waals surface area contributed by atoms with Gasteiger partial charge in [-0.3, -0.25) is 9.59 Å². The Hall–Kier alpha value is -0.970. The Bertz CT molecular complexity index is 252. The minimum absolute atomic E-state index is 0.105. The molecule has 4 nitrogen and oxygen atoms in total. The number of hydrogen-bond acceptors (Lipinski definition) is 3. The zero-order valence-corrected chi connectivity index (χ0v) is 10.8. The highest BCUT2D eigenvalue weighted by molar-refractivity contribution is 7.80. The van der Waals surface area contributed by atoms with Crippen LogP contribution in [0.4, 0.5) is 0 Å². The zero-order valence-electron chi connectivity index (χ0n) is 9.90. The van der Waals surface area contributed by atoms with Crippen LogP contribution >= 0.6 is 12.6 Å². The van der Waals surface area contributed by atoms with Crippen molar-refractivity contribution in [3.8, 4) is 0 Å². The molecule has 0 rings (SSSR count). The lowest BCUT2D eigenvalue weighted by Gasteiger charge is -2.25. The standard InChI is InChI=1S/C11H20N2O2S/c1-4-6-13(7-5-2)11(15)10(8-16)12-9(3)14/h4,10,16H,1,5-8H2,2-3H3,(H,12,14). The Morgan fingerprint density at radius 3 is 2.56 bits per heavy atom. The first-order chi connectivity index (χ1) is 7.56. The van der Waals surface area contributed by atoms with E-state index in [1.54, 1.807) is 11.0 Å². The van der Waals surface area contributed by atoms with E-state index in [-0.39, 0.29) is 11.8 Å². The van der Waals surface area contributed by atoms with E-state index >= 15 is 0 Å². The Kier molecular flexibility index (Phi) is 7.72. The molecule has 0 bridgehead atoms. The molecule has 5 heteroatoms. The third-order valence-corrected chi connectivity index (χ3v) is 2.38. The predicted octanol–water partition coefficient (Wildman–Crippen LogP) is 0.846. The molecule has 0 saturated heterocycles. The van der Waals surface area contributed by atoms with Crippen LogP contribution in [0, 0.1) is 0 Å². The fourth-order valence-corrected chi connectivity index (χ4v) is 1.62. The highest BCUT2D eigenvalue weighted by Crippen LogP contribution is 2.00. The van der Waals surface area contributed by atoms with Gasteiger partial charge in [-0.25, -0.2) is 0 Å². The average Bonchev–Trinajstić information content (AvgIpc) is 2.24. The van der Waals surface area contributed by atoms with Crippen LogP contribution in [0.25, 0.3) is 0 Å². The number of thiol groups is 1. The van der Waals surface area contributed by atoms with E-state index in [1.165, 1.54) is 6.92 Å². The molecule has 1 N–H and O–H groups in total. The summed E-state index contributed by atoms with van der Waals surface area (Å²) in [4.78, 5) is 24.6. The van der Waals surface area contributed by atoms with Crippen LogP contribution in [0.5, 0.6) is 0 Å². The van der Waals surface area contributed by atoms with Crippen LogP contribution in [-0.2, 0) is 9.59 Å². The summed E-state index contributed by atoms with van der Waals surface area (Å²) in [6, 6.07) is -0.549. The minimum Gasteiger partial charge on any atom is -0.344 e. The summed E-state index contributed by atoms with van der Waals surface area (Å²) in [6.45, 7) is 8.16. The monoisotopic (exact) mass is 244 g/mol. The maximum atomic E-state index is 12.0. The third kappa shape index (κ3) is 5.21. The molecule has 16 heavy (non-hydrogen) atoms. The summed E-state index contributed by atoms with van der Waals surface area (Å²) in [5, 5.41) is 2.59. The van der Waals surface area contributed by atoms with Gasteiger partial charge in [0.25, 0.3) is 0 Å². The van der Waals surface area contributed by atoms with Crippen molar-refractivity contribution in [3.63, 3.8) is 0 Å². The van der Waals surface area contributed by atoms with Crippen LogP contribution in [0.3, 0.4) is 0 Å². The lowest BCUT2D eigenvalue weighted by molar-refractivity contribution is -0.135. The smallest absolute Gasteiger partial charge is 0.246 e. The van der Waals surface area contributed by atoms with Gasteiger partial charge in [-0.2, -0.15) is 12.6 Å². The van der Waals surface area contributed by atoms with E-state index in [1.807, 2.05) is 6.92 Å². The van der Waals surface area contributed by atoms with Crippen molar-refractivity contribution < 1.29 is 9.59 Å². The molecule has 0 aliphatic rings. The summed E-state index contributed by atoms with van der Waals surface area (Å²) < 4.78 is 0. The van der Waals surface area contributed by atoms with Gasteiger partial charge in [0.15, 0.2) is 0 Å². The highest BCUT2D eigenvalue weighted by Gasteiger charge is 2.22. The Morgan fingerprint density at radius 2 is 2.19 bits per heavy atom. The molecule has 0 fully saturated rings. The van der Waals surface area contributed by atoms with Gasteiger partial charge in [-0.1, -0.05) is 13.0 Å². The van der Waals surface area contributed by atoms with Crippen LogP contribution < -0.4 is 5.32 Å². The van der Waals surface area contributed by atoms with Gasteiger partial charge >= 0.3 is 0 Å². The lowest BCUT2D eigenvalue weighted by atomic mass is 10.2. The van der Waals surface area contributed by atoms with Crippen LogP contribution in [0.2, 0.25) is 0 Å². The van der Waals surface area contributed by atoms with E-state index in [9.17, 15) is 9.59 Å². The fraction of sp³-hybridized carbons (Fsp3) is 0.636. The van der Waals surface area contributed by atoms with Crippen molar-refractivity contribution in [3.05, 3.63) is 12.7 Å². The third-order valence-electron chi connectivity index (χ3n) is 2.01. The highest BCUT2D eigenvalue weighted by atomic mass is 32.1. The van der Waals surface area contributed by atoms with E-state index in [0.717, 1.165) is 6.42 Å². The second kappa shape index (κ2) is 8.21. The normalized spacial score (nSPS) is 11.7. The maximum Gasteiger partial charge on any atom is 0.246 e. The molecule has 1 unspecified atom stereocenters. The van der Waals surface area contributed by atoms with Gasteiger partial charge in [-0.15, -0.1) is 6.58 Å². The van der Waals surface area contributed by atoms with Crippen molar-refractivity contribution in [1.29, 1.82) is 0 Å². The van der Waals surface area contributed by atoms with Gasteiger partial charge in [0.2, 0.25) is 11.8 Å². The van der Waals surface area contributed by atoms with Crippen LogP contribution in [0.1, 0.15) is 20.3 Å². The fourth-order valence-electron chi connectivity index (χ4n) is 1.37. The zero-order chi connectivity index (χ0) is 12.6. The molecule has 0 aliphatic carbocycles. The van der Waals surface area contributed by atoms with Crippen molar-refractivity contribution >= 4 is 24.4 Å². The van der Waals surface area contributed by atoms with Crippen molar-refractivity contribution in [2.75, 3.05) is 18.8 Å². The van der Waals surface area contributed by atoms with Crippen molar-refractivity contribution in [1.82, 2.24) is 10.2 Å². The Morgan fingerprint density at radius 1 is 1.56 bits per heavy atom. The summed E-state index contributed by atoms with van der Waals surface area (Å²) in [5.74, 6) is -0.0233.